The highest BCUT2D eigenvalue weighted by Crippen LogP contribution is 2.23. The first-order valence-electron chi connectivity index (χ1n) is 25.9. The predicted molar refractivity (Wildman–Crippen MR) is 305 cm³/mol. The number of ketones is 1. The second kappa shape index (κ2) is 37.0. The lowest BCUT2D eigenvalue weighted by Crippen LogP contribution is -2.34. The molecule has 0 saturated carbocycles. The van der Waals surface area contributed by atoms with Crippen LogP contribution in [-0.2, 0) is 24.2 Å². The molecule has 398 valence electrons. The smallest absolute Gasteiger partial charge is 0.214 e. The van der Waals surface area contributed by atoms with E-state index in [2.05, 4.69) is 201 Å². The fourth-order valence-electron chi connectivity index (χ4n) is 5.01. The van der Waals surface area contributed by atoms with Crippen LogP contribution in [0.3, 0.4) is 0 Å². The zero-order valence-corrected chi connectivity index (χ0v) is 49.8. The van der Waals surface area contributed by atoms with Gasteiger partial charge in [0.25, 0.3) is 0 Å². The fourth-order valence-corrected chi connectivity index (χ4v) is 5.01. The number of nitrogens with two attached hydrogens (primary N) is 1. The van der Waals surface area contributed by atoms with Crippen LogP contribution in [0, 0.1) is 39.9 Å². The number of hydrogen-bond acceptors (Lipinski definition) is 5. The molecule has 2 aromatic carbocycles. The molecule has 2 heterocycles. The fraction of sp³-hybridized carbons (Fsp3) is 0.651. The van der Waals surface area contributed by atoms with E-state index >= 15 is 0 Å². The molecule has 1 amide bonds. The molecular formula is C63H112N2O4. The standard InChI is InChI=1S/C12H16O.C12H18.C10H17NO.C10H16O.C7H16.C6H14.C4H10.C2H5NO/c1-12(2,3)9-11(13)10-7-5-4-6-8-10;1-12(2,3)10-9-11-7-5-4-6-8-11;1-8-5-6-9(12-8)7-11-10(2,3)4;1-10(2,3)7-6-9-5-4-8-11-9;1-5-6-7(2,3)4;1-5-6(2,3)4;1-4(2)3;1-2(3)4/h4-8H,9H2,1-3H3;4-8H,9-10H2,1-3H3;5-6,11H,7H2,1-4H3;4-5,8H,6-7H2,1-3H3;5-6H2,1-4H3;5H2,1-4H3;4H,1-3H3;1H3,(H2,3,4). The summed E-state index contributed by atoms with van der Waals surface area (Å²) < 4.78 is 10.6. The molecule has 0 radical (unpaired) electrons. The van der Waals surface area contributed by atoms with E-state index in [0.717, 1.165) is 41.7 Å². The van der Waals surface area contributed by atoms with Crippen molar-refractivity contribution >= 4 is 11.7 Å². The largest absolute Gasteiger partial charge is 0.469 e. The summed E-state index contributed by atoms with van der Waals surface area (Å²) in [4.78, 5) is 20.9. The minimum atomic E-state index is -0.333. The summed E-state index contributed by atoms with van der Waals surface area (Å²) >= 11 is 0. The maximum atomic E-state index is 11.7. The molecule has 69 heavy (non-hydrogen) atoms. The average Bonchev–Trinajstić information content (AvgIpc) is 3.87. The van der Waals surface area contributed by atoms with Crippen molar-refractivity contribution < 1.29 is 18.4 Å². The van der Waals surface area contributed by atoms with Gasteiger partial charge in [-0.25, -0.2) is 0 Å². The Labute approximate surface area is 428 Å². The van der Waals surface area contributed by atoms with Crippen molar-refractivity contribution in [3.63, 3.8) is 0 Å². The molecule has 0 bridgehead atoms. The van der Waals surface area contributed by atoms with E-state index in [1.165, 1.54) is 51.0 Å². The van der Waals surface area contributed by atoms with Gasteiger partial charge >= 0.3 is 0 Å². The number of primary amides is 1. The molecular weight excluding hydrogens is 849 g/mol. The second-order valence-corrected chi connectivity index (χ2v) is 25.9. The predicted octanol–water partition coefficient (Wildman–Crippen LogP) is 19.1. The Morgan fingerprint density at radius 3 is 1.29 bits per heavy atom. The van der Waals surface area contributed by atoms with Gasteiger partial charge < -0.3 is 19.9 Å². The van der Waals surface area contributed by atoms with Gasteiger partial charge in [-0.15, -0.1) is 0 Å². The van der Waals surface area contributed by atoms with Gasteiger partial charge in [-0.3, -0.25) is 9.59 Å². The van der Waals surface area contributed by atoms with E-state index in [0.29, 0.717) is 28.1 Å². The van der Waals surface area contributed by atoms with Gasteiger partial charge in [0.1, 0.15) is 17.3 Å². The van der Waals surface area contributed by atoms with Crippen LogP contribution in [0.1, 0.15) is 238 Å². The van der Waals surface area contributed by atoms with Gasteiger partial charge in [0.15, 0.2) is 5.78 Å². The Bertz CT molecular complexity index is 1750. The number of carbonyl (C=O) groups is 2. The quantitative estimate of drug-likeness (QED) is 0.163. The van der Waals surface area contributed by atoms with Crippen LogP contribution in [0.5, 0.6) is 0 Å². The number of Topliss-reactive ketones (excluding diaryl/α,β-unsaturated/α-hetero) is 1. The molecule has 0 fully saturated rings. The first kappa shape index (κ1) is 71.6. The second-order valence-electron chi connectivity index (χ2n) is 25.9. The average molecular weight is 962 g/mol. The Kier molecular flexibility index (Phi) is 38.4. The van der Waals surface area contributed by atoms with Crippen LogP contribution in [0.25, 0.3) is 0 Å². The van der Waals surface area contributed by atoms with E-state index in [1.54, 1.807) is 6.26 Å². The molecule has 4 rings (SSSR count). The summed E-state index contributed by atoms with van der Waals surface area (Å²) in [5.74, 6) is 3.80. The molecule has 0 spiro atoms. The summed E-state index contributed by atoms with van der Waals surface area (Å²) in [7, 11) is 0. The van der Waals surface area contributed by atoms with E-state index in [1.807, 2.05) is 61.5 Å². The lowest BCUT2D eigenvalue weighted by atomic mass is 9.88. The molecule has 0 atom stereocenters. The number of benzene rings is 2. The topological polar surface area (TPSA) is 98.5 Å². The summed E-state index contributed by atoms with van der Waals surface area (Å²) in [6.07, 6.45) is 11.0. The van der Waals surface area contributed by atoms with Crippen LogP contribution in [-0.4, -0.2) is 17.2 Å². The first-order chi connectivity index (χ1) is 31.2. The number of carbonyl (C=O) groups excluding carboxylic acids is 2. The van der Waals surface area contributed by atoms with Gasteiger partial charge in [-0.05, 0) is 116 Å². The lowest BCUT2D eigenvalue weighted by molar-refractivity contribution is -0.115. The highest BCUT2D eigenvalue weighted by Gasteiger charge is 2.17. The first-order valence-corrected chi connectivity index (χ1v) is 25.9. The molecule has 4 aromatic rings. The van der Waals surface area contributed by atoms with Crippen LogP contribution in [0.2, 0.25) is 0 Å². The summed E-state index contributed by atoms with van der Waals surface area (Å²) in [6, 6.07) is 28.1. The number of furan rings is 2. The van der Waals surface area contributed by atoms with E-state index in [-0.39, 0.29) is 22.6 Å². The zero-order chi connectivity index (χ0) is 54.7. The van der Waals surface area contributed by atoms with Crippen LogP contribution in [0.4, 0.5) is 0 Å². The van der Waals surface area contributed by atoms with Crippen LogP contribution < -0.4 is 11.1 Å². The van der Waals surface area contributed by atoms with E-state index in [4.69, 9.17) is 8.83 Å². The minimum Gasteiger partial charge on any atom is -0.469 e. The van der Waals surface area contributed by atoms with Crippen molar-refractivity contribution in [2.45, 2.75) is 237 Å². The summed E-state index contributed by atoms with van der Waals surface area (Å²) in [5.41, 5.74) is 8.93. The molecule has 0 unspecified atom stereocenters. The normalized spacial score (nSPS) is 11.3. The van der Waals surface area contributed by atoms with Gasteiger partial charge in [-0.1, -0.05) is 212 Å². The van der Waals surface area contributed by atoms with Gasteiger partial charge in [0.2, 0.25) is 5.91 Å². The van der Waals surface area contributed by atoms with E-state index in [9.17, 15) is 9.59 Å². The molecule has 0 aliphatic heterocycles. The Balaban J connectivity index is -0.000000361. The minimum absolute atomic E-state index is 0.0763. The van der Waals surface area contributed by atoms with Crippen molar-refractivity contribution in [1.82, 2.24) is 5.32 Å². The molecule has 0 aliphatic rings. The highest BCUT2D eigenvalue weighted by molar-refractivity contribution is 5.96. The van der Waals surface area contributed by atoms with Gasteiger partial charge in [-0.2, -0.15) is 0 Å². The summed E-state index contributed by atoms with van der Waals surface area (Å²) in [5, 5.41) is 3.36. The van der Waals surface area contributed by atoms with E-state index < -0.39 is 0 Å². The number of nitrogens with one attached hydrogen (secondary N) is 1. The molecule has 6 heteroatoms. The van der Waals surface area contributed by atoms with Crippen molar-refractivity contribution in [3.05, 3.63) is 120 Å². The third-order valence-electron chi connectivity index (χ3n) is 9.14. The van der Waals surface area contributed by atoms with Gasteiger partial charge in [0.05, 0.1) is 12.8 Å². The van der Waals surface area contributed by atoms with Crippen molar-refractivity contribution in [2.24, 2.45) is 38.7 Å². The van der Waals surface area contributed by atoms with Crippen LogP contribution >= 0.6 is 0 Å². The maximum Gasteiger partial charge on any atom is 0.214 e. The highest BCUT2D eigenvalue weighted by atomic mass is 16.3. The number of hydrogen-bond donors (Lipinski definition) is 2. The number of rotatable bonds is 9. The maximum absolute atomic E-state index is 11.7. The number of amides is 1. The van der Waals surface area contributed by atoms with Crippen LogP contribution in [0.15, 0.2) is 100 Å². The van der Waals surface area contributed by atoms with Crippen molar-refractivity contribution in [2.75, 3.05) is 0 Å². The summed E-state index contributed by atoms with van der Waals surface area (Å²) in [6.45, 7) is 54.8. The number of aryl methyl sites for hydroxylation is 3. The molecule has 0 aliphatic carbocycles. The van der Waals surface area contributed by atoms with Crippen molar-refractivity contribution in [3.8, 4) is 0 Å². The third kappa shape index (κ3) is 64.1. The molecule has 6 nitrogen and oxygen atoms in total. The van der Waals surface area contributed by atoms with Gasteiger partial charge in [0, 0.05) is 30.9 Å². The monoisotopic (exact) mass is 961 g/mol. The third-order valence-corrected chi connectivity index (χ3v) is 9.14. The Morgan fingerprint density at radius 2 is 0.986 bits per heavy atom. The molecule has 3 N–H and O–H groups in total. The SMILES string of the molecule is CC(C)(C)CC(=O)c1ccccc1.CC(C)(C)CCc1ccccc1.CC(C)(C)CCc1ccco1.CC(C)C.CC(N)=O.CCC(C)(C)C.CCCC(C)(C)C.Cc1ccc(CNC(C)(C)C)o1. The molecule has 2 aromatic heterocycles. The van der Waals surface area contributed by atoms with Crippen molar-refractivity contribution in [1.29, 1.82) is 0 Å². The Morgan fingerprint density at radius 1 is 0.565 bits per heavy atom. The Hall–Kier alpha value is -3.90. The zero-order valence-electron chi connectivity index (χ0n) is 49.8. The molecule has 0 saturated heterocycles. The lowest BCUT2D eigenvalue weighted by Gasteiger charge is -2.19.